The van der Waals surface area contributed by atoms with Crippen molar-refractivity contribution in [2.45, 2.75) is 44.7 Å². The van der Waals surface area contributed by atoms with Gasteiger partial charge in [0.05, 0.1) is 0 Å². The summed E-state index contributed by atoms with van der Waals surface area (Å²) in [5, 5.41) is 0. The maximum atomic E-state index is 12.8. The van der Waals surface area contributed by atoms with E-state index in [2.05, 4.69) is 4.98 Å². The highest BCUT2D eigenvalue weighted by atomic mass is 19.4. The van der Waals surface area contributed by atoms with Crippen molar-refractivity contribution in [1.82, 2.24) is 4.98 Å². The number of aromatic nitrogens is 1. The topological polar surface area (TPSA) is 12.9 Å². The number of nitrogens with zero attached hydrogens (tertiary/aromatic N) is 1. The average molecular weight is 229 g/mol. The molecule has 0 aliphatic heterocycles. The minimum atomic E-state index is -4.32. The van der Waals surface area contributed by atoms with Crippen LogP contribution < -0.4 is 0 Å². The van der Waals surface area contributed by atoms with Crippen LogP contribution in [0.4, 0.5) is 13.2 Å². The number of aryl methyl sites for hydroxylation is 1. The van der Waals surface area contributed by atoms with E-state index >= 15 is 0 Å². The second-order valence-corrected chi connectivity index (χ2v) is 4.22. The Morgan fingerprint density at radius 3 is 2.44 bits per heavy atom. The summed E-state index contributed by atoms with van der Waals surface area (Å²) in [6, 6.07) is 3.32. The number of alkyl halides is 3. The predicted molar refractivity (Wildman–Crippen MR) is 55.2 cm³/mol. The molecule has 1 fully saturated rings. The average Bonchev–Trinajstić information content (AvgIpc) is 2.14. The van der Waals surface area contributed by atoms with Crippen molar-refractivity contribution in [1.29, 1.82) is 0 Å². The van der Waals surface area contributed by atoms with E-state index in [1.807, 2.05) is 6.92 Å². The van der Waals surface area contributed by atoms with Crippen LogP contribution in [0.1, 0.15) is 49.1 Å². The van der Waals surface area contributed by atoms with Gasteiger partial charge < -0.3 is 0 Å². The SMILES string of the molecule is CCc1ccc(C2CCC2)c(C(F)(F)F)n1. The summed E-state index contributed by atoms with van der Waals surface area (Å²) in [4.78, 5) is 3.74. The van der Waals surface area contributed by atoms with Crippen LogP contribution in [-0.2, 0) is 12.6 Å². The molecule has 0 atom stereocenters. The van der Waals surface area contributed by atoms with Gasteiger partial charge in [-0.15, -0.1) is 0 Å². The Bertz CT molecular complexity index is 380. The standard InChI is InChI=1S/C12H14F3N/c1-2-9-6-7-10(8-4-3-5-8)11(16-9)12(13,14)15/h6-8H,2-5H2,1H3. The van der Waals surface area contributed by atoms with Gasteiger partial charge in [0.25, 0.3) is 0 Å². The molecule has 1 aromatic rings. The van der Waals surface area contributed by atoms with Gasteiger partial charge in [0.2, 0.25) is 0 Å². The molecule has 1 saturated carbocycles. The Balaban J connectivity index is 2.42. The fourth-order valence-corrected chi connectivity index (χ4v) is 1.98. The van der Waals surface area contributed by atoms with Crippen molar-refractivity contribution < 1.29 is 13.2 Å². The molecule has 1 aromatic heterocycles. The molecule has 0 N–H and O–H groups in total. The van der Waals surface area contributed by atoms with E-state index < -0.39 is 11.9 Å². The van der Waals surface area contributed by atoms with Crippen LogP contribution >= 0.6 is 0 Å². The lowest BCUT2D eigenvalue weighted by Crippen LogP contribution is -2.19. The van der Waals surface area contributed by atoms with E-state index in [-0.39, 0.29) is 5.92 Å². The summed E-state index contributed by atoms with van der Waals surface area (Å²) in [6.45, 7) is 1.81. The Morgan fingerprint density at radius 2 is 2.00 bits per heavy atom. The number of pyridine rings is 1. The zero-order chi connectivity index (χ0) is 11.8. The maximum Gasteiger partial charge on any atom is 0.433 e. The molecule has 88 valence electrons. The van der Waals surface area contributed by atoms with Gasteiger partial charge in [0, 0.05) is 5.69 Å². The molecular formula is C12H14F3N. The summed E-state index contributed by atoms with van der Waals surface area (Å²) >= 11 is 0. The first-order valence-corrected chi connectivity index (χ1v) is 5.59. The lowest BCUT2D eigenvalue weighted by molar-refractivity contribution is -0.142. The van der Waals surface area contributed by atoms with Gasteiger partial charge in [0.15, 0.2) is 0 Å². The van der Waals surface area contributed by atoms with Gasteiger partial charge in [-0.05, 0) is 36.8 Å². The minimum absolute atomic E-state index is 0.0648. The van der Waals surface area contributed by atoms with Crippen LogP contribution in [-0.4, -0.2) is 4.98 Å². The molecule has 1 aliphatic carbocycles. The van der Waals surface area contributed by atoms with Crippen molar-refractivity contribution in [2.75, 3.05) is 0 Å². The third-order valence-corrected chi connectivity index (χ3v) is 3.16. The monoisotopic (exact) mass is 229 g/mol. The lowest BCUT2D eigenvalue weighted by atomic mass is 9.79. The molecule has 0 radical (unpaired) electrons. The van der Waals surface area contributed by atoms with Crippen LogP contribution in [0.2, 0.25) is 0 Å². The first-order chi connectivity index (χ1) is 7.52. The Kier molecular flexibility index (Phi) is 2.91. The summed E-state index contributed by atoms with van der Waals surface area (Å²) in [7, 11) is 0. The molecule has 16 heavy (non-hydrogen) atoms. The van der Waals surface area contributed by atoms with Crippen LogP contribution in [0.5, 0.6) is 0 Å². The van der Waals surface area contributed by atoms with E-state index in [1.54, 1.807) is 12.1 Å². The molecule has 0 bridgehead atoms. The van der Waals surface area contributed by atoms with Gasteiger partial charge in [-0.2, -0.15) is 13.2 Å². The second-order valence-electron chi connectivity index (χ2n) is 4.22. The Morgan fingerprint density at radius 1 is 1.31 bits per heavy atom. The highest BCUT2D eigenvalue weighted by molar-refractivity contribution is 5.30. The molecule has 0 saturated heterocycles. The van der Waals surface area contributed by atoms with Crippen LogP contribution in [0.25, 0.3) is 0 Å². The largest absolute Gasteiger partial charge is 0.433 e. The van der Waals surface area contributed by atoms with Crippen molar-refractivity contribution in [2.24, 2.45) is 0 Å². The molecule has 1 heterocycles. The first-order valence-electron chi connectivity index (χ1n) is 5.59. The molecule has 0 unspecified atom stereocenters. The fraction of sp³-hybridized carbons (Fsp3) is 0.583. The van der Waals surface area contributed by atoms with E-state index in [0.717, 1.165) is 19.3 Å². The highest BCUT2D eigenvalue weighted by Crippen LogP contribution is 2.42. The zero-order valence-corrected chi connectivity index (χ0v) is 9.14. The quantitative estimate of drug-likeness (QED) is 0.748. The van der Waals surface area contributed by atoms with Gasteiger partial charge in [-0.3, -0.25) is 0 Å². The summed E-state index contributed by atoms with van der Waals surface area (Å²) < 4.78 is 38.5. The van der Waals surface area contributed by atoms with Crippen LogP contribution in [0.3, 0.4) is 0 Å². The number of halogens is 3. The summed E-state index contributed by atoms with van der Waals surface area (Å²) in [6.07, 6.45) is -1.05. The van der Waals surface area contributed by atoms with E-state index in [1.165, 1.54) is 0 Å². The fourth-order valence-electron chi connectivity index (χ4n) is 1.98. The van der Waals surface area contributed by atoms with E-state index in [9.17, 15) is 13.2 Å². The highest BCUT2D eigenvalue weighted by Gasteiger charge is 2.38. The van der Waals surface area contributed by atoms with Crippen molar-refractivity contribution in [3.05, 3.63) is 29.1 Å². The molecule has 1 aliphatic rings. The third kappa shape index (κ3) is 2.06. The Hall–Kier alpha value is -1.06. The lowest BCUT2D eigenvalue weighted by Gasteiger charge is -2.28. The third-order valence-electron chi connectivity index (χ3n) is 3.16. The molecule has 4 heteroatoms. The van der Waals surface area contributed by atoms with Gasteiger partial charge in [0.1, 0.15) is 5.69 Å². The maximum absolute atomic E-state index is 12.8. The van der Waals surface area contributed by atoms with Gasteiger partial charge in [-0.1, -0.05) is 19.4 Å². The number of hydrogen-bond donors (Lipinski definition) is 0. The summed E-state index contributed by atoms with van der Waals surface area (Å²) in [5.41, 5.74) is 0.225. The molecule has 2 rings (SSSR count). The predicted octanol–water partition coefficient (Wildman–Crippen LogP) is 3.93. The first kappa shape index (κ1) is 11.4. The van der Waals surface area contributed by atoms with Crippen molar-refractivity contribution >= 4 is 0 Å². The molecule has 0 spiro atoms. The normalized spacial score (nSPS) is 17.2. The van der Waals surface area contributed by atoms with E-state index in [0.29, 0.717) is 17.7 Å². The minimum Gasteiger partial charge on any atom is -0.248 e. The van der Waals surface area contributed by atoms with E-state index in [4.69, 9.17) is 0 Å². The van der Waals surface area contributed by atoms with Gasteiger partial charge >= 0.3 is 6.18 Å². The van der Waals surface area contributed by atoms with Crippen molar-refractivity contribution in [3.8, 4) is 0 Å². The summed E-state index contributed by atoms with van der Waals surface area (Å²) in [5.74, 6) is 0.0648. The Labute approximate surface area is 92.7 Å². The van der Waals surface area contributed by atoms with Crippen LogP contribution in [0.15, 0.2) is 12.1 Å². The number of hydrogen-bond acceptors (Lipinski definition) is 1. The van der Waals surface area contributed by atoms with Crippen LogP contribution in [0, 0.1) is 0 Å². The molecule has 0 amide bonds. The molecule has 1 nitrogen and oxygen atoms in total. The van der Waals surface area contributed by atoms with Crippen molar-refractivity contribution in [3.63, 3.8) is 0 Å². The van der Waals surface area contributed by atoms with Gasteiger partial charge in [-0.25, -0.2) is 4.98 Å². The molecular weight excluding hydrogens is 215 g/mol. The number of rotatable bonds is 2. The smallest absolute Gasteiger partial charge is 0.248 e. The second kappa shape index (κ2) is 4.07. The zero-order valence-electron chi connectivity index (χ0n) is 9.14. The molecule has 0 aromatic carbocycles.